The van der Waals surface area contributed by atoms with Crippen molar-refractivity contribution in [1.29, 1.82) is 0 Å². The largest absolute Gasteiger partial charge is 0.490 e. The number of hydrogen-bond acceptors (Lipinski definition) is 4. The summed E-state index contributed by atoms with van der Waals surface area (Å²) in [6.45, 7) is 8.17. The van der Waals surface area contributed by atoms with Crippen molar-refractivity contribution >= 4 is 0 Å². The van der Waals surface area contributed by atoms with E-state index in [1.165, 1.54) is 59.9 Å². The molecule has 4 heteroatoms. The maximum atomic E-state index is 6.82. The summed E-state index contributed by atoms with van der Waals surface area (Å²) in [5.74, 6) is 1.03. The summed E-state index contributed by atoms with van der Waals surface area (Å²) in [5, 5.41) is 0. The van der Waals surface area contributed by atoms with Gasteiger partial charge in [-0.25, -0.2) is 0 Å². The monoisotopic (exact) mass is 540 g/mol. The van der Waals surface area contributed by atoms with Crippen LogP contribution in [-0.4, -0.2) is 35.2 Å². The van der Waals surface area contributed by atoms with Crippen LogP contribution in [0, 0.1) is 6.92 Å². The second-order valence-electron chi connectivity index (χ2n) is 11.9. The van der Waals surface area contributed by atoms with Gasteiger partial charge in [-0.2, -0.15) is 0 Å². The van der Waals surface area contributed by atoms with Gasteiger partial charge in [0.2, 0.25) is 0 Å². The van der Waals surface area contributed by atoms with Crippen molar-refractivity contribution in [2.24, 2.45) is 0 Å². The second kappa shape index (κ2) is 13.8. The Morgan fingerprint density at radius 2 is 1.52 bits per heavy atom. The lowest BCUT2D eigenvalue weighted by Crippen LogP contribution is -2.44. The van der Waals surface area contributed by atoms with E-state index < -0.39 is 0 Å². The van der Waals surface area contributed by atoms with Crippen molar-refractivity contribution in [3.8, 4) is 17.0 Å². The van der Waals surface area contributed by atoms with Gasteiger partial charge in [0.05, 0.1) is 24.5 Å². The van der Waals surface area contributed by atoms with Gasteiger partial charge < -0.3 is 9.47 Å². The lowest BCUT2D eigenvalue weighted by Gasteiger charge is -2.38. The van der Waals surface area contributed by atoms with Crippen molar-refractivity contribution in [2.75, 3.05) is 7.05 Å². The van der Waals surface area contributed by atoms with E-state index in [0.29, 0.717) is 18.8 Å². The Morgan fingerprint density at radius 3 is 2.23 bits per heavy atom. The maximum absolute atomic E-state index is 6.82. The summed E-state index contributed by atoms with van der Waals surface area (Å²) in [4.78, 5) is 7.76. The molecule has 0 saturated heterocycles. The highest BCUT2D eigenvalue weighted by atomic mass is 16.5. The molecule has 2 atom stereocenters. The van der Waals surface area contributed by atoms with E-state index in [-0.39, 0.29) is 6.10 Å². The summed E-state index contributed by atoms with van der Waals surface area (Å²) in [6, 6.07) is 19.9. The SMILES string of the molecule is CCc1cccc(CC)c1-c1cc(OC2CCCC2)c(CN(C)[C@H]2CCCC[C@@H]2OCc2ccccc2)c(C)n1. The molecular formula is C36H48N2O2. The molecule has 2 fully saturated rings. The highest BCUT2D eigenvalue weighted by Crippen LogP contribution is 2.36. The van der Waals surface area contributed by atoms with Crippen LogP contribution in [-0.2, 0) is 30.7 Å². The Morgan fingerprint density at radius 1 is 0.850 bits per heavy atom. The minimum absolute atomic E-state index is 0.245. The molecule has 2 saturated carbocycles. The van der Waals surface area contributed by atoms with E-state index in [1.807, 2.05) is 0 Å². The molecule has 1 aromatic heterocycles. The standard InChI is InChI=1S/C36H48N2O2/c1-5-28-17-14-18-29(6-2)36(28)32-23-35(40-30-19-10-11-20-30)31(26(3)37-32)24-38(4)33-21-12-13-22-34(33)39-25-27-15-8-7-9-16-27/h7-9,14-18,23,30,33-34H,5-6,10-13,19-22,24-25H2,1-4H3/t33-,34-/m0/s1. The molecule has 0 radical (unpaired) electrons. The molecule has 0 amide bonds. The number of hydrogen-bond donors (Lipinski definition) is 0. The Labute approximate surface area is 242 Å². The number of ether oxygens (including phenoxy) is 2. The first-order valence-electron chi connectivity index (χ1n) is 15.7. The van der Waals surface area contributed by atoms with Crippen LogP contribution >= 0.6 is 0 Å². The molecule has 5 rings (SSSR count). The van der Waals surface area contributed by atoms with E-state index in [1.54, 1.807) is 0 Å². The molecular weight excluding hydrogens is 492 g/mol. The van der Waals surface area contributed by atoms with Gasteiger partial charge >= 0.3 is 0 Å². The van der Waals surface area contributed by atoms with Crippen LogP contribution in [0.2, 0.25) is 0 Å². The lowest BCUT2D eigenvalue weighted by molar-refractivity contribution is -0.0405. The second-order valence-corrected chi connectivity index (χ2v) is 11.9. The van der Waals surface area contributed by atoms with E-state index >= 15 is 0 Å². The normalized spacial score (nSPS) is 19.8. The summed E-state index contributed by atoms with van der Waals surface area (Å²) in [7, 11) is 2.27. The van der Waals surface area contributed by atoms with Crippen LogP contribution in [0.15, 0.2) is 54.6 Å². The van der Waals surface area contributed by atoms with Gasteiger partial charge in [0.25, 0.3) is 0 Å². The molecule has 2 aliphatic rings. The first kappa shape index (κ1) is 28.8. The van der Waals surface area contributed by atoms with E-state index in [0.717, 1.165) is 55.8 Å². The average molecular weight is 541 g/mol. The Hall–Kier alpha value is -2.69. The average Bonchev–Trinajstić information content (AvgIpc) is 3.51. The first-order chi connectivity index (χ1) is 19.6. The fourth-order valence-electron chi connectivity index (χ4n) is 6.77. The highest BCUT2D eigenvalue weighted by molar-refractivity contribution is 5.70. The van der Waals surface area contributed by atoms with Crippen LogP contribution in [0.1, 0.15) is 93.2 Å². The summed E-state index contributed by atoms with van der Waals surface area (Å²) < 4.78 is 13.4. The predicted molar refractivity (Wildman–Crippen MR) is 165 cm³/mol. The van der Waals surface area contributed by atoms with Gasteiger partial charge in [-0.1, -0.05) is 75.2 Å². The van der Waals surface area contributed by atoms with Crippen LogP contribution < -0.4 is 4.74 Å². The van der Waals surface area contributed by atoms with Crippen molar-refractivity contribution < 1.29 is 9.47 Å². The Balaban J connectivity index is 1.42. The van der Waals surface area contributed by atoms with Crippen LogP contribution in [0.3, 0.4) is 0 Å². The number of rotatable bonds is 11. The number of benzene rings is 2. The summed E-state index contributed by atoms with van der Waals surface area (Å²) >= 11 is 0. The molecule has 0 aliphatic heterocycles. The maximum Gasteiger partial charge on any atom is 0.128 e. The number of likely N-dealkylation sites (N-methyl/N-ethyl adjacent to an activating group) is 1. The molecule has 214 valence electrons. The third kappa shape index (κ3) is 6.78. The number of pyridine rings is 1. The third-order valence-corrected chi connectivity index (χ3v) is 9.09. The molecule has 0 N–H and O–H groups in total. The zero-order valence-electron chi connectivity index (χ0n) is 25.1. The molecule has 2 aliphatic carbocycles. The molecule has 2 aromatic carbocycles. The van der Waals surface area contributed by atoms with E-state index in [2.05, 4.69) is 87.3 Å². The Kier molecular flexibility index (Phi) is 9.93. The minimum atomic E-state index is 0.245. The molecule has 0 unspecified atom stereocenters. The van der Waals surface area contributed by atoms with Gasteiger partial charge in [-0.15, -0.1) is 0 Å². The predicted octanol–water partition coefficient (Wildman–Crippen LogP) is 8.46. The smallest absolute Gasteiger partial charge is 0.128 e. The first-order valence-corrected chi connectivity index (χ1v) is 15.7. The number of aromatic nitrogens is 1. The van der Waals surface area contributed by atoms with Gasteiger partial charge in [0.1, 0.15) is 5.75 Å². The lowest BCUT2D eigenvalue weighted by atomic mass is 9.90. The zero-order chi connectivity index (χ0) is 27.9. The number of aryl methyl sites for hydroxylation is 3. The van der Waals surface area contributed by atoms with Crippen molar-refractivity contribution in [3.63, 3.8) is 0 Å². The third-order valence-electron chi connectivity index (χ3n) is 9.09. The van der Waals surface area contributed by atoms with Crippen LogP contribution in [0.5, 0.6) is 5.75 Å². The molecule has 40 heavy (non-hydrogen) atoms. The van der Waals surface area contributed by atoms with Gasteiger partial charge in [-0.05, 0) is 82.0 Å². The summed E-state index contributed by atoms with van der Waals surface area (Å²) in [6.07, 6.45) is 12.2. The topological polar surface area (TPSA) is 34.6 Å². The van der Waals surface area contributed by atoms with E-state index in [9.17, 15) is 0 Å². The molecule has 3 aromatic rings. The summed E-state index contributed by atoms with van der Waals surface area (Å²) in [5.41, 5.74) is 8.66. The molecule has 0 bridgehead atoms. The Bertz CT molecular complexity index is 1210. The van der Waals surface area contributed by atoms with Crippen molar-refractivity contribution in [3.05, 3.63) is 82.5 Å². The van der Waals surface area contributed by atoms with Gasteiger partial charge in [0, 0.05) is 35.5 Å². The zero-order valence-corrected chi connectivity index (χ0v) is 25.1. The quantitative estimate of drug-likeness (QED) is 0.244. The fourth-order valence-corrected chi connectivity index (χ4v) is 6.77. The van der Waals surface area contributed by atoms with Crippen molar-refractivity contribution in [1.82, 2.24) is 9.88 Å². The van der Waals surface area contributed by atoms with Crippen molar-refractivity contribution in [2.45, 2.75) is 116 Å². The molecule has 1 heterocycles. The fraction of sp³-hybridized carbons (Fsp3) is 0.528. The van der Waals surface area contributed by atoms with Crippen LogP contribution in [0.4, 0.5) is 0 Å². The molecule has 0 spiro atoms. The highest BCUT2D eigenvalue weighted by Gasteiger charge is 2.31. The van der Waals surface area contributed by atoms with Crippen LogP contribution in [0.25, 0.3) is 11.3 Å². The van der Waals surface area contributed by atoms with E-state index in [4.69, 9.17) is 14.5 Å². The minimum Gasteiger partial charge on any atom is -0.490 e. The number of nitrogens with zero attached hydrogens (tertiary/aromatic N) is 2. The van der Waals surface area contributed by atoms with Gasteiger partial charge in [0.15, 0.2) is 0 Å². The molecule has 4 nitrogen and oxygen atoms in total. The van der Waals surface area contributed by atoms with Gasteiger partial charge in [-0.3, -0.25) is 9.88 Å².